The first-order valence-electron chi connectivity index (χ1n) is 10.1. The number of hydrogen-bond donors (Lipinski definition) is 1. The lowest BCUT2D eigenvalue weighted by Gasteiger charge is -2.10. The zero-order chi connectivity index (χ0) is 21.4. The van der Waals surface area contributed by atoms with Gasteiger partial charge in [0.1, 0.15) is 16.9 Å². The molecule has 2 heterocycles. The van der Waals surface area contributed by atoms with Gasteiger partial charge in [-0.2, -0.15) is 0 Å². The molecule has 2 aromatic heterocycles. The molecule has 2 aromatic carbocycles. The summed E-state index contributed by atoms with van der Waals surface area (Å²) in [5.74, 6) is 0.768. The molecule has 154 valence electrons. The maximum Gasteiger partial charge on any atom is 0.339 e. The number of hydrogen-bond acceptors (Lipinski definition) is 4. The first kappa shape index (κ1) is 20.0. The minimum Gasteiger partial charge on any atom is -0.461 e. The Balaban J connectivity index is 1.61. The van der Waals surface area contributed by atoms with E-state index < -0.39 is 5.63 Å². The smallest absolute Gasteiger partial charge is 0.339 e. The van der Waals surface area contributed by atoms with Gasteiger partial charge in [-0.3, -0.25) is 4.79 Å². The highest BCUT2D eigenvalue weighted by atomic mass is 16.4. The molecule has 0 radical (unpaired) electrons. The standard InChI is InChI=1S/C25H25NO4/c1-14-17(4)29-23-16(3)24-21(12-20(14)23)15(2)19(25(28)30-24)10-11-22(27)26-13-18-8-6-5-7-9-18/h5-9,12H,10-11,13H2,1-4H3,(H,26,27). The summed E-state index contributed by atoms with van der Waals surface area (Å²) in [7, 11) is 0. The molecule has 4 rings (SSSR count). The Bertz CT molecular complexity index is 1310. The maximum absolute atomic E-state index is 12.7. The van der Waals surface area contributed by atoms with Gasteiger partial charge in [-0.1, -0.05) is 30.3 Å². The molecule has 0 aliphatic heterocycles. The summed E-state index contributed by atoms with van der Waals surface area (Å²) in [6, 6.07) is 11.8. The number of carbonyl (C=O) groups is 1. The fraction of sp³-hybridized carbons (Fsp3) is 0.280. The summed E-state index contributed by atoms with van der Waals surface area (Å²) in [4.78, 5) is 25.0. The van der Waals surface area contributed by atoms with Crippen LogP contribution in [-0.2, 0) is 17.8 Å². The molecular formula is C25H25NO4. The highest BCUT2D eigenvalue weighted by Crippen LogP contribution is 2.34. The van der Waals surface area contributed by atoms with E-state index in [1.54, 1.807) is 0 Å². The maximum atomic E-state index is 12.7. The van der Waals surface area contributed by atoms with Gasteiger partial charge in [0.2, 0.25) is 5.91 Å². The third-order valence-corrected chi connectivity index (χ3v) is 5.88. The lowest BCUT2D eigenvalue weighted by molar-refractivity contribution is -0.121. The molecule has 5 heteroatoms. The van der Waals surface area contributed by atoms with Crippen LogP contribution in [0.5, 0.6) is 0 Å². The van der Waals surface area contributed by atoms with Crippen molar-refractivity contribution in [2.24, 2.45) is 0 Å². The zero-order valence-electron chi connectivity index (χ0n) is 17.7. The van der Waals surface area contributed by atoms with Gasteiger partial charge in [0.05, 0.1) is 0 Å². The van der Waals surface area contributed by atoms with Crippen LogP contribution in [0.3, 0.4) is 0 Å². The third kappa shape index (κ3) is 3.52. The van der Waals surface area contributed by atoms with Crippen molar-refractivity contribution in [3.63, 3.8) is 0 Å². The largest absolute Gasteiger partial charge is 0.461 e. The fourth-order valence-corrected chi connectivity index (χ4v) is 3.90. The molecule has 0 saturated heterocycles. The first-order valence-corrected chi connectivity index (χ1v) is 10.1. The van der Waals surface area contributed by atoms with Crippen molar-refractivity contribution in [2.75, 3.05) is 0 Å². The number of rotatable bonds is 5. The number of carbonyl (C=O) groups excluding carboxylic acids is 1. The van der Waals surface area contributed by atoms with Gasteiger partial charge < -0.3 is 14.2 Å². The van der Waals surface area contributed by atoms with Crippen LogP contribution in [-0.4, -0.2) is 5.91 Å². The van der Waals surface area contributed by atoms with Gasteiger partial charge in [-0.25, -0.2) is 4.79 Å². The molecule has 4 aromatic rings. The molecule has 0 bridgehead atoms. The lowest BCUT2D eigenvalue weighted by atomic mass is 9.98. The Morgan fingerprint density at radius 1 is 0.900 bits per heavy atom. The van der Waals surface area contributed by atoms with Crippen LogP contribution in [0, 0.1) is 27.7 Å². The zero-order valence-corrected chi connectivity index (χ0v) is 17.7. The third-order valence-electron chi connectivity index (χ3n) is 5.88. The number of fused-ring (bicyclic) bond motifs is 2. The Morgan fingerprint density at radius 3 is 2.30 bits per heavy atom. The normalized spacial score (nSPS) is 11.3. The van der Waals surface area contributed by atoms with E-state index in [9.17, 15) is 9.59 Å². The highest BCUT2D eigenvalue weighted by molar-refractivity contribution is 6.00. The predicted molar refractivity (Wildman–Crippen MR) is 118 cm³/mol. The first-order chi connectivity index (χ1) is 14.4. The Hall–Kier alpha value is -3.34. The number of benzene rings is 2. The van der Waals surface area contributed by atoms with Crippen LogP contribution in [0.25, 0.3) is 21.9 Å². The van der Waals surface area contributed by atoms with Crippen molar-refractivity contribution in [3.05, 3.63) is 80.4 Å². The Kier molecular flexibility index (Phi) is 5.20. The second kappa shape index (κ2) is 7.82. The van der Waals surface area contributed by atoms with Crippen molar-refractivity contribution in [3.8, 4) is 0 Å². The molecule has 0 aliphatic carbocycles. The lowest BCUT2D eigenvalue weighted by Crippen LogP contribution is -2.24. The van der Waals surface area contributed by atoms with E-state index in [4.69, 9.17) is 8.83 Å². The molecule has 0 fully saturated rings. The van der Waals surface area contributed by atoms with Crippen LogP contribution in [0.1, 0.15) is 40.0 Å². The summed E-state index contributed by atoms with van der Waals surface area (Å²) >= 11 is 0. The van der Waals surface area contributed by atoms with E-state index in [1.165, 1.54) is 0 Å². The second-order valence-electron chi connectivity index (χ2n) is 7.79. The van der Waals surface area contributed by atoms with Crippen molar-refractivity contribution < 1.29 is 13.6 Å². The fourth-order valence-electron chi connectivity index (χ4n) is 3.90. The summed E-state index contributed by atoms with van der Waals surface area (Å²) in [5, 5.41) is 4.83. The summed E-state index contributed by atoms with van der Waals surface area (Å²) < 4.78 is 11.6. The molecule has 1 amide bonds. The van der Waals surface area contributed by atoms with Gasteiger partial charge in [0, 0.05) is 34.9 Å². The molecule has 1 N–H and O–H groups in total. The Morgan fingerprint density at radius 2 is 1.57 bits per heavy atom. The average Bonchev–Trinajstić information content (AvgIpc) is 3.02. The predicted octanol–water partition coefficient (Wildman–Crippen LogP) is 5.02. The van der Waals surface area contributed by atoms with Crippen molar-refractivity contribution in [2.45, 2.75) is 47.1 Å². The van der Waals surface area contributed by atoms with E-state index in [-0.39, 0.29) is 12.3 Å². The minimum atomic E-state index is -0.390. The SMILES string of the molecule is Cc1oc2c(C)c3oc(=O)c(CCC(=O)NCc4ccccc4)c(C)c3cc2c1C. The molecule has 0 aliphatic rings. The molecule has 30 heavy (non-hydrogen) atoms. The van der Waals surface area contributed by atoms with Crippen molar-refractivity contribution >= 4 is 27.8 Å². The van der Waals surface area contributed by atoms with E-state index in [2.05, 4.69) is 5.32 Å². The highest BCUT2D eigenvalue weighted by Gasteiger charge is 2.19. The van der Waals surface area contributed by atoms with E-state index in [0.717, 1.165) is 44.4 Å². The molecule has 0 unspecified atom stereocenters. The molecule has 5 nitrogen and oxygen atoms in total. The van der Waals surface area contributed by atoms with Gasteiger partial charge in [-0.15, -0.1) is 0 Å². The molecule has 0 spiro atoms. The van der Waals surface area contributed by atoms with Crippen LogP contribution in [0.15, 0.2) is 50.0 Å². The summed E-state index contributed by atoms with van der Waals surface area (Å²) in [6.07, 6.45) is 0.570. The summed E-state index contributed by atoms with van der Waals surface area (Å²) in [5.41, 5.74) is 5.28. The summed E-state index contributed by atoms with van der Waals surface area (Å²) in [6.45, 7) is 8.26. The van der Waals surface area contributed by atoms with E-state index in [0.29, 0.717) is 24.1 Å². The van der Waals surface area contributed by atoms with Crippen LogP contribution < -0.4 is 10.9 Å². The van der Waals surface area contributed by atoms with Crippen molar-refractivity contribution in [1.29, 1.82) is 0 Å². The monoisotopic (exact) mass is 403 g/mol. The molecule has 0 saturated carbocycles. The quantitative estimate of drug-likeness (QED) is 0.475. The number of nitrogens with one attached hydrogen (secondary N) is 1. The second-order valence-corrected chi connectivity index (χ2v) is 7.79. The minimum absolute atomic E-state index is 0.0920. The van der Waals surface area contributed by atoms with E-state index >= 15 is 0 Å². The van der Waals surface area contributed by atoms with Crippen LogP contribution in [0.4, 0.5) is 0 Å². The Labute approximate surface area is 174 Å². The average molecular weight is 403 g/mol. The van der Waals surface area contributed by atoms with E-state index in [1.807, 2.05) is 64.1 Å². The van der Waals surface area contributed by atoms with Gasteiger partial charge >= 0.3 is 5.63 Å². The number of furan rings is 1. The number of aryl methyl sites for hydroxylation is 4. The van der Waals surface area contributed by atoms with Gasteiger partial charge in [-0.05, 0) is 56.9 Å². The van der Waals surface area contributed by atoms with Gasteiger partial charge in [0.25, 0.3) is 0 Å². The van der Waals surface area contributed by atoms with Crippen LogP contribution >= 0.6 is 0 Å². The number of amides is 1. The molecule has 0 atom stereocenters. The topological polar surface area (TPSA) is 72.5 Å². The van der Waals surface area contributed by atoms with Crippen LogP contribution in [0.2, 0.25) is 0 Å². The van der Waals surface area contributed by atoms with Crippen molar-refractivity contribution in [1.82, 2.24) is 5.32 Å². The molecular weight excluding hydrogens is 378 g/mol. The van der Waals surface area contributed by atoms with Gasteiger partial charge in [0.15, 0.2) is 0 Å².